The molecule has 0 unspecified atom stereocenters. The van der Waals surface area contributed by atoms with E-state index >= 15 is 0 Å². The average Bonchev–Trinajstić information content (AvgIpc) is 2.91. The molecule has 3 aromatic rings. The van der Waals surface area contributed by atoms with Crippen molar-refractivity contribution in [1.82, 2.24) is 14.9 Å². The molecule has 24 heavy (non-hydrogen) atoms. The van der Waals surface area contributed by atoms with Gasteiger partial charge in [-0.3, -0.25) is 4.79 Å². The van der Waals surface area contributed by atoms with Crippen molar-refractivity contribution < 1.29 is 9.53 Å². The van der Waals surface area contributed by atoms with E-state index in [0.29, 0.717) is 23.7 Å². The summed E-state index contributed by atoms with van der Waals surface area (Å²) in [7, 11) is 1.98. The second kappa shape index (κ2) is 7.36. The lowest BCUT2D eigenvalue weighted by Gasteiger charge is -2.08. The van der Waals surface area contributed by atoms with E-state index in [9.17, 15) is 4.79 Å². The van der Waals surface area contributed by atoms with Crippen molar-refractivity contribution in [2.45, 2.75) is 6.42 Å². The highest BCUT2D eigenvalue weighted by Gasteiger charge is 2.08. The molecule has 0 aliphatic heterocycles. The number of benzene rings is 2. The van der Waals surface area contributed by atoms with Gasteiger partial charge >= 0.3 is 0 Å². The van der Waals surface area contributed by atoms with Gasteiger partial charge in [-0.25, -0.2) is 4.98 Å². The lowest BCUT2D eigenvalue weighted by molar-refractivity contribution is -0.123. The van der Waals surface area contributed by atoms with Crippen LogP contribution >= 0.6 is 11.6 Å². The van der Waals surface area contributed by atoms with Crippen molar-refractivity contribution in [1.29, 1.82) is 0 Å². The number of hydrogen-bond acceptors (Lipinski definition) is 3. The fourth-order valence-electron chi connectivity index (χ4n) is 2.49. The second-order valence-corrected chi connectivity index (χ2v) is 5.80. The van der Waals surface area contributed by atoms with Crippen LogP contribution in [0.3, 0.4) is 0 Å². The number of carbonyl (C=O) groups is 1. The van der Waals surface area contributed by atoms with Gasteiger partial charge in [-0.05, 0) is 24.3 Å². The van der Waals surface area contributed by atoms with Crippen LogP contribution in [0.25, 0.3) is 11.0 Å². The molecule has 0 aliphatic rings. The van der Waals surface area contributed by atoms with E-state index < -0.39 is 0 Å². The summed E-state index contributed by atoms with van der Waals surface area (Å²) in [6, 6.07) is 15.0. The third-order valence-corrected chi connectivity index (χ3v) is 4.06. The number of carbonyl (C=O) groups excluding carboxylic acids is 1. The van der Waals surface area contributed by atoms with Crippen molar-refractivity contribution in [3.8, 4) is 5.75 Å². The van der Waals surface area contributed by atoms with Gasteiger partial charge in [-0.2, -0.15) is 0 Å². The van der Waals surface area contributed by atoms with Crippen LogP contribution in [0.4, 0.5) is 0 Å². The minimum Gasteiger partial charge on any atom is -0.482 e. The summed E-state index contributed by atoms with van der Waals surface area (Å²) in [5.74, 6) is 1.25. The number of hydrogen-bond donors (Lipinski definition) is 1. The predicted molar refractivity (Wildman–Crippen MR) is 94.4 cm³/mol. The molecule has 0 atom stereocenters. The van der Waals surface area contributed by atoms with E-state index in [4.69, 9.17) is 16.3 Å². The van der Waals surface area contributed by atoms with Gasteiger partial charge in [-0.15, -0.1) is 0 Å². The maximum Gasteiger partial charge on any atom is 0.257 e. The quantitative estimate of drug-likeness (QED) is 0.748. The maximum atomic E-state index is 11.9. The fraction of sp³-hybridized carbons (Fsp3) is 0.222. The highest BCUT2D eigenvalue weighted by molar-refractivity contribution is 6.32. The van der Waals surface area contributed by atoms with Gasteiger partial charge in [-0.1, -0.05) is 35.9 Å². The molecule has 0 bridgehead atoms. The molecule has 0 fully saturated rings. The lowest BCUT2D eigenvalue weighted by Crippen LogP contribution is -2.31. The zero-order valence-electron chi connectivity index (χ0n) is 13.3. The number of fused-ring (bicyclic) bond motifs is 1. The molecule has 6 heteroatoms. The van der Waals surface area contributed by atoms with Crippen molar-refractivity contribution in [3.05, 3.63) is 59.4 Å². The molecule has 1 amide bonds. The van der Waals surface area contributed by atoms with E-state index in [1.807, 2.05) is 48.0 Å². The predicted octanol–water partition coefficient (Wildman–Crippen LogP) is 2.96. The van der Waals surface area contributed by atoms with Gasteiger partial charge < -0.3 is 14.6 Å². The fourth-order valence-corrected chi connectivity index (χ4v) is 2.68. The molecule has 1 heterocycles. The summed E-state index contributed by atoms with van der Waals surface area (Å²) < 4.78 is 7.45. The molecule has 0 radical (unpaired) electrons. The number of imidazole rings is 1. The molecule has 0 saturated heterocycles. The van der Waals surface area contributed by atoms with Gasteiger partial charge in [0.05, 0.1) is 16.1 Å². The zero-order chi connectivity index (χ0) is 16.9. The standard InChI is InChI=1S/C18H18ClN3O2/c1-22-15-8-4-3-7-14(15)21-17(22)10-11-20-18(23)12-24-16-9-5-2-6-13(16)19/h2-9H,10-12H2,1H3,(H,20,23). The van der Waals surface area contributed by atoms with Crippen LogP contribution < -0.4 is 10.1 Å². The van der Waals surface area contributed by atoms with Crippen LogP contribution in [-0.2, 0) is 18.3 Å². The molecular weight excluding hydrogens is 326 g/mol. The Balaban J connectivity index is 1.49. The summed E-state index contributed by atoms with van der Waals surface area (Å²) in [6.07, 6.45) is 0.656. The summed E-state index contributed by atoms with van der Waals surface area (Å²) in [5, 5.41) is 3.32. The van der Waals surface area contributed by atoms with E-state index in [0.717, 1.165) is 16.9 Å². The Bertz CT molecular complexity index is 860. The Kier molecular flexibility index (Phi) is 5.01. The molecule has 3 rings (SSSR count). The van der Waals surface area contributed by atoms with Crippen molar-refractivity contribution >= 4 is 28.5 Å². The summed E-state index contributed by atoms with van der Waals surface area (Å²) in [4.78, 5) is 16.4. The Morgan fingerprint density at radius 3 is 2.75 bits per heavy atom. The van der Waals surface area contributed by atoms with Crippen LogP contribution in [0.2, 0.25) is 5.02 Å². The molecule has 0 aliphatic carbocycles. The summed E-state index contributed by atoms with van der Waals surface area (Å²) >= 11 is 5.98. The minimum atomic E-state index is -0.186. The number of ether oxygens (including phenoxy) is 1. The second-order valence-electron chi connectivity index (χ2n) is 5.39. The highest BCUT2D eigenvalue weighted by Crippen LogP contribution is 2.22. The number of rotatable bonds is 6. The van der Waals surface area contributed by atoms with E-state index in [2.05, 4.69) is 10.3 Å². The third-order valence-electron chi connectivity index (χ3n) is 3.75. The Morgan fingerprint density at radius 2 is 1.96 bits per heavy atom. The van der Waals surface area contributed by atoms with Crippen molar-refractivity contribution in [3.63, 3.8) is 0 Å². The Morgan fingerprint density at radius 1 is 1.21 bits per heavy atom. The van der Waals surface area contributed by atoms with E-state index in [1.54, 1.807) is 12.1 Å². The summed E-state index contributed by atoms with van der Waals surface area (Å²) in [6.45, 7) is 0.439. The number of nitrogens with one attached hydrogen (secondary N) is 1. The van der Waals surface area contributed by atoms with Crippen LogP contribution in [0.15, 0.2) is 48.5 Å². The molecule has 2 aromatic carbocycles. The minimum absolute atomic E-state index is 0.0632. The average molecular weight is 344 g/mol. The number of aromatic nitrogens is 2. The molecular formula is C18H18ClN3O2. The molecule has 124 valence electrons. The van der Waals surface area contributed by atoms with Crippen LogP contribution in [0.5, 0.6) is 5.75 Å². The first-order valence-electron chi connectivity index (χ1n) is 7.69. The van der Waals surface area contributed by atoms with Crippen molar-refractivity contribution in [2.75, 3.05) is 13.2 Å². The summed E-state index contributed by atoms with van der Waals surface area (Å²) in [5.41, 5.74) is 2.05. The Hall–Kier alpha value is -2.53. The van der Waals surface area contributed by atoms with Gasteiger partial charge in [0.1, 0.15) is 11.6 Å². The normalized spacial score (nSPS) is 10.8. The maximum absolute atomic E-state index is 11.9. The molecule has 1 aromatic heterocycles. The first-order valence-corrected chi connectivity index (χ1v) is 8.07. The number of para-hydroxylation sites is 3. The SMILES string of the molecule is Cn1c(CCNC(=O)COc2ccccc2Cl)nc2ccccc21. The highest BCUT2D eigenvalue weighted by atomic mass is 35.5. The molecule has 1 N–H and O–H groups in total. The Labute approximate surface area is 145 Å². The van der Waals surface area contributed by atoms with Gasteiger partial charge in [0, 0.05) is 20.0 Å². The smallest absolute Gasteiger partial charge is 0.257 e. The number of amides is 1. The van der Waals surface area contributed by atoms with Crippen LogP contribution in [-0.4, -0.2) is 28.6 Å². The molecule has 0 saturated carbocycles. The number of aryl methyl sites for hydroxylation is 1. The zero-order valence-corrected chi connectivity index (χ0v) is 14.1. The van der Waals surface area contributed by atoms with E-state index in [-0.39, 0.29) is 12.5 Å². The number of nitrogens with zero attached hydrogens (tertiary/aromatic N) is 2. The monoisotopic (exact) mass is 343 g/mol. The third kappa shape index (κ3) is 3.68. The van der Waals surface area contributed by atoms with Crippen LogP contribution in [0, 0.1) is 0 Å². The topological polar surface area (TPSA) is 56.2 Å². The van der Waals surface area contributed by atoms with Gasteiger partial charge in [0.25, 0.3) is 5.91 Å². The van der Waals surface area contributed by atoms with Gasteiger partial charge in [0.2, 0.25) is 0 Å². The number of halogens is 1. The first-order chi connectivity index (χ1) is 11.6. The molecule has 5 nitrogen and oxygen atoms in total. The van der Waals surface area contributed by atoms with Crippen molar-refractivity contribution in [2.24, 2.45) is 7.05 Å². The first kappa shape index (κ1) is 16.3. The van der Waals surface area contributed by atoms with Crippen LogP contribution in [0.1, 0.15) is 5.82 Å². The lowest BCUT2D eigenvalue weighted by atomic mass is 10.3. The largest absolute Gasteiger partial charge is 0.482 e. The molecule has 0 spiro atoms. The van der Waals surface area contributed by atoms with E-state index in [1.165, 1.54) is 0 Å². The van der Waals surface area contributed by atoms with Gasteiger partial charge in [0.15, 0.2) is 6.61 Å².